The van der Waals surface area contributed by atoms with Gasteiger partial charge in [-0.2, -0.15) is 0 Å². The van der Waals surface area contributed by atoms with Gasteiger partial charge in [-0.05, 0) is 19.6 Å². The molecular weight excluding hydrogens is 389 g/mol. The van der Waals surface area contributed by atoms with Gasteiger partial charge in [-0.15, -0.1) is 11.8 Å². The third-order valence-electron chi connectivity index (χ3n) is 3.44. The fraction of sp³-hybridized carbons (Fsp3) is 0.923. The van der Waals surface area contributed by atoms with Gasteiger partial charge in [0, 0.05) is 0 Å². The molecule has 0 aliphatic carbocycles. The van der Waals surface area contributed by atoms with Gasteiger partial charge in [-0.25, -0.2) is 0 Å². The lowest BCUT2D eigenvalue weighted by molar-refractivity contribution is -0.172. The summed E-state index contributed by atoms with van der Waals surface area (Å²) in [6.45, 7) is 5.45. The predicted octanol–water partition coefficient (Wildman–Crippen LogP) is 2.71. The molecular formula is C13H20Cl3NO5S. The van der Waals surface area contributed by atoms with E-state index < -0.39 is 33.8 Å². The Morgan fingerprint density at radius 1 is 1.30 bits per heavy atom. The quantitative estimate of drug-likeness (QED) is 0.423. The van der Waals surface area contributed by atoms with Crippen LogP contribution in [-0.2, 0) is 18.9 Å². The van der Waals surface area contributed by atoms with Crippen LogP contribution in [0.4, 0.5) is 0 Å². The van der Waals surface area contributed by atoms with Gasteiger partial charge in [0.15, 0.2) is 5.79 Å². The van der Waals surface area contributed by atoms with Crippen molar-refractivity contribution in [3.05, 3.63) is 0 Å². The van der Waals surface area contributed by atoms with E-state index in [0.29, 0.717) is 0 Å². The Balaban J connectivity index is 2.05. The van der Waals surface area contributed by atoms with E-state index >= 15 is 0 Å². The molecule has 134 valence electrons. The van der Waals surface area contributed by atoms with Gasteiger partial charge in [0.25, 0.3) is 3.79 Å². The summed E-state index contributed by atoms with van der Waals surface area (Å²) in [6.07, 6.45) is -2.61. The summed E-state index contributed by atoms with van der Waals surface area (Å²) in [5, 5.41) is 18.0. The van der Waals surface area contributed by atoms with Crippen LogP contribution in [-0.4, -0.2) is 62.8 Å². The lowest BCUT2D eigenvalue weighted by atomic mass is 10.0. The van der Waals surface area contributed by atoms with Crippen LogP contribution in [0.15, 0.2) is 0 Å². The zero-order valence-electron chi connectivity index (χ0n) is 12.9. The number of ether oxygens (including phenoxy) is 4. The summed E-state index contributed by atoms with van der Waals surface area (Å²) >= 11 is 18.3. The Labute approximate surface area is 154 Å². The molecule has 2 rings (SSSR count). The number of thioether (sulfide) groups is 1. The summed E-state index contributed by atoms with van der Waals surface area (Å²) in [7, 11) is 0. The highest BCUT2D eigenvalue weighted by Gasteiger charge is 2.55. The van der Waals surface area contributed by atoms with Crippen molar-refractivity contribution in [2.75, 3.05) is 12.4 Å². The summed E-state index contributed by atoms with van der Waals surface area (Å²) in [5.41, 5.74) is -0.314. The second kappa shape index (κ2) is 7.41. The van der Waals surface area contributed by atoms with E-state index in [4.69, 9.17) is 59.2 Å². The van der Waals surface area contributed by atoms with Gasteiger partial charge in [-0.3, -0.25) is 5.41 Å². The van der Waals surface area contributed by atoms with Crippen molar-refractivity contribution in [3.8, 4) is 0 Å². The molecule has 6 nitrogen and oxygen atoms in total. The van der Waals surface area contributed by atoms with Crippen LogP contribution in [0.5, 0.6) is 0 Å². The van der Waals surface area contributed by atoms with Crippen LogP contribution < -0.4 is 0 Å². The molecule has 2 N–H and O–H groups in total. The molecule has 0 aromatic heterocycles. The summed E-state index contributed by atoms with van der Waals surface area (Å²) in [5.74, 6) is -0.513. The number of rotatable bonds is 4. The van der Waals surface area contributed by atoms with Crippen LogP contribution in [0.1, 0.15) is 20.8 Å². The second-order valence-electron chi connectivity index (χ2n) is 5.69. The van der Waals surface area contributed by atoms with Gasteiger partial charge in [0.2, 0.25) is 5.90 Å². The van der Waals surface area contributed by atoms with Crippen molar-refractivity contribution >= 4 is 52.5 Å². The molecule has 0 aromatic rings. The van der Waals surface area contributed by atoms with E-state index in [2.05, 4.69) is 0 Å². The van der Waals surface area contributed by atoms with E-state index in [1.165, 1.54) is 0 Å². The zero-order chi connectivity index (χ0) is 17.4. The standard InChI is InChI=1S/C13H20Cl3NO5S/c1-4-23-10-9-8(21-12(2,3)22-9)7(18)6(20-10)5-19-11(17)13(14,15)16/h6-10,17-18H,4-5H2,1-3H3/t6-,7-,8+,9+,10-/m1/s1. The van der Waals surface area contributed by atoms with E-state index in [1.54, 1.807) is 25.6 Å². The Bertz CT molecular complexity index is 448. The number of aliphatic hydroxyl groups excluding tert-OH is 1. The van der Waals surface area contributed by atoms with Crippen LogP contribution in [0.3, 0.4) is 0 Å². The monoisotopic (exact) mass is 407 g/mol. The molecule has 23 heavy (non-hydrogen) atoms. The first kappa shape index (κ1) is 19.8. The number of alkyl halides is 3. The van der Waals surface area contributed by atoms with Crippen molar-refractivity contribution in [3.63, 3.8) is 0 Å². The molecule has 0 unspecified atom stereocenters. The average Bonchev–Trinajstić information content (AvgIpc) is 2.75. The number of nitrogens with one attached hydrogen (secondary N) is 1. The summed E-state index contributed by atoms with van der Waals surface area (Å²) in [6, 6.07) is 0. The van der Waals surface area contributed by atoms with Crippen molar-refractivity contribution in [1.82, 2.24) is 0 Å². The van der Waals surface area contributed by atoms with E-state index in [1.807, 2.05) is 6.92 Å². The highest BCUT2D eigenvalue weighted by atomic mass is 35.6. The Morgan fingerprint density at radius 3 is 2.48 bits per heavy atom. The van der Waals surface area contributed by atoms with Gasteiger partial charge in [0.05, 0.1) is 0 Å². The molecule has 2 saturated heterocycles. The molecule has 0 aromatic carbocycles. The Kier molecular flexibility index (Phi) is 6.40. The summed E-state index contributed by atoms with van der Waals surface area (Å²) in [4.78, 5) is 0. The molecule has 0 amide bonds. The molecule has 2 fully saturated rings. The molecule has 0 bridgehead atoms. The maximum Gasteiger partial charge on any atom is 0.265 e. The van der Waals surface area contributed by atoms with Gasteiger partial charge >= 0.3 is 0 Å². The first-order valence-corrected chi connectivity index (χ1v) is 9.32. The first-order valence-electron chi connectivity index (χ1n) is 7.14. The molecule has 2 heterocycles. The second-order valence-corrected chi connectivity index (χ2v) is 9.35. The smallest absolute Gasteiger partial charge is 0.265 e. The van der Waals surface area contributed by atoms with E-state index in [-0.39, 0.29) is 18.1 Å². The highest BCUT2D eigenvalue weighted by molar-refractivity contribution is 7.99. The van der Waals surface area contributed by atoms with Crippen LogP contribution in [0.25, 0.3) is 0 Å². The Hall–Kier alpha value is 0.530. The highest BCUT2D eigenvalue weighted by Crippen LogP contribution is 2.41. The van der Waals surface area contributed by atoms with Crippen LogP contribution in [0, 0.1) is 5.41 Å². The third kappa shape index (κ3) is 4.79. The minimum Gasteiger partial charge on any atom is -0.475 e. The van der Waals surface area contributed by atoms with Crippen molar-refractivity contribution in [2.24, 2.45) is 0 Å². The van der Waals surface area contributed by atoms with Gasteiger partial charge in [-0.1, -0.05) is 41.7 Å². The van der Waals surface area contributed by atoms with E-state index in [0.717, 1.165) is 5.75 Å². The molecule has 0 radical (unpaired) electrons. The lowest BCUT2D eigenvalue weighted by Gasteiger charge is -2.39. The summed E-state index contributed by atoms with van der Waals surface area (Å²) < 4.78 is 20.7. The maximum atomic E-state index is 10.5. The number of hydrogen-bond acceptors (Lipinski definition) is 7. The predicted molar refractivity (Wildman–Crippen MR) is 90.6 cm³/mol. The minimum absolute atomic E-state index is 0.123. The van der Waals surface area contributed by atoms with Crippen LogP contribution in [0.2, 0.25) is 0 Å². The molecule has 5 atom stereocenters. The molecule has 2 aliphatic heterocycles. The fourth-order valence-corrected chi connectivity index (χ4v) is 3.63. The maximum absolute atomic E-state index is 10.5. The number of hydrogen-bond donors (Lipinski definition) is 2. The molecule has 2 aliphatic rings. The number of halogens is 3. The first-order chi connectivity index (χ1) is 10.5. The average molecular weight is 409 g/mol. The van der Waals surface area contributed by atoms with Crippen molar-refractivity contribution < 1.29 is 24.1 Å². The number of fused-ring (bicyclic) bond motifs is 1. The van der Waals surface area contributed by atoms with Crippen LogP contribution >= 0.6 is 46.6 Å². The molecule has 0 spiro atoms. The SMILES string of the molecule is CCS[C@H]1O[C@H](COC(=N)C(Cl)(Cl)Cl)[C@@H](O)[C@@H]2OC(C)(C)O[C@@H]21. The van der Waals surface area contributed by atoms with Crippen molar-refractivity contribution in [2.45, 2.75) is 60.2 Å². The normalized spacial score (nSPS) is 36.6. The van der Waals surface area contributed by atoms with E-state index in [9.17, 15) is 5.11 Å². The van der Waals surface area contributed by atoms with Gasteiger partial charge in [0.1, 0.15) is 36.5 Å². The Morgan fingerprint density at radius 2 is 1.91 bits per heavy atom. The fourth-order valence-electron chi connectivity index (χ4n) is 2.52. The topological polar surface area (TPSA) is 81.0 Å². The third-order valence-corrected chi connectivity index (χ3v) is 4.99. The molecule has 10 heteroatoms. The minimum atomic E-state index is -1.95. The largest absolute Gasteiger partial charge is 0.475 e. The molecule has 0 saturated carbocycles. The number of aliphatic hydroxyl groups is 1. The van der Waals surface area contributed by atoms with Gasteiger partial charge < -0.3 is 24.1 Å². The van der Waals surface area contributed by atoms with Crippen molar-refractivity contribution in [1.29, 1.82) is 5.41 Å². The zero-order valence-corrected chi connectivity index (χ0v) is 16.0. The lowest BCUT2D eigenvalue weighted by Crippen LogP contribution is -2.56.